The number of anilines is 2. The maximum Gasteiger partial charge on any atom is 0.265 e. The lowest BCUT2D eigenvalue weighted by Crippen LogP contribution is -2.34. The lowest BCUT2D eigenvalue weighted by Gasteiger charge is -2.24. The number of fused-ring (bicyclic) bond motifs is 1. The van der Waals surface area contributed by atoms with Crippen LogP contribution in [-0.2, 0) is 4.79 Å². The van der Waals surface area contributed by atoms with E-state index in [1.54, 1.807) is 25.1 Å². The van der Waals surface area contributed by atoms with Gasteiger partial charge in [-0.1, -0.05) is 6.07 Å². The molecule has 4 heteroatoms. The van der Waals surface area contributed by atoms with Crippen LogP contribution in [0.4, 0.5) is 11.4 Å². The largest absolute Gasteiger partial charge is 0.477 e. The number of rotatable bonds is 0. The molecule has 0 aromatic heterocycles. The van der Waals surface area contributed by atoms with E-state index in [4.69, 9.17) is 10.5 Å². The summed E-state index contributed by atoms with van der Waals surface area (Å²) in [5, 5.41) is 2.71. The SMILES string of the molecule is C[C@H]1Oc2c(N)cccc2NC1=O. The molecule has 0 aliphatic carbocycles. The summed E-state index contributed by atoms with van der Waals surface area (Å²) in [6, 6.07) is 5.27. The summed E-state index contributed by atoms with van der Waals surface area (Å²) in [5.41, 5.74) is 6.86. The zero-order chi connectivity index (χ0) is 9.42. The minimum absolute atomic E-state index is 0.141. The van der Waals surface area contributed by atoms with E-state index in [1.807, 2.05) is 0 Å². The summed E-state index contributed by atoms with van der Waals surface area (Å²) >= 11 is 0. The summed E-state index contributed by atoms with van der Waals surface area (Å²) in [5.74, 6) is 0.424. The molecule has 0 bridgehead atoms. The zero-order valence-electron chi connectivity index (χ0n) is 7.20. The van der Waals surface area contributed by atoms with Crippen LogP contribution < -0.4 is 15.8 Å². The maximum atomic E-state index is 11.2. The molecule has 1 aromatic carbocycles. The second kappa shape index (κ2) is 2.65. The third-order valence-corrected chi connectivity index (χ3v) is 1.97. The molecule has 68 valence electrons. The number of para-hydroxylation sites is 1. The highest BCUT2D eigenvalue weighted by atomic mass is 16.5. The molecule has 3 N–H and O–H groups in total. The molecule has 1 heterocycles. The molecule has 4 nitrogen and oxygen atoms in total. The van der Waals surface area contributed by atoms with Gasteiger partial charge in [-0.2, -0.15) is 0 Å². The predicted octanol–water partition coefficient (Wildman–Crippen LogP) is 0.988. The third kappa shape index (κ3) is 1.20. The Hall–Kier alpha value is -1.71. The summed E-state index contributed by atoms with van der Waals surface area (Å²) < 4.78 is 5.34. The van der Waals surface area contributed by atoms with Crippen molar-refractivity contribution in [3.8, 4) is 5.75 Å². The monoisotopic (exact) mass is 178 g/mol. The van der Waals surface area contributed by atoms with Crippen molar-refractivity contribution < 1.29 is 9.53 Å². The zero-order valence-corrected chi connectivity index (χ0v) is 7.20. The van der Waals surface area contributed by atoms with Crippen molar-refractivity contribution in [2.24, 2.45) is 0 Å². The van der Waals surface area contributed by atoms with Gasteiger partial charge in [-0.15, -0.1) is 0 Å². The van der Waals surface area contributed by atoms with E-state index in [2.05, 4.69) is 5.32 Å². The molecule has 1 atom stereocenters. The molecule has 1 aliphatic rings. The van der Waals surface area contributed by atoms with Crippen LogP contribution in [0.1, 0.15) is 6.92 Å². The highest BCUT2D eigenvalue weighted by Crippen LogP contribution is 2.34. The van der Waals surface area contributed by atoms with E-state index in [0.29, 0.717) is 17.1 Å². The van der Waals surface area contributed by atoms with Crippen molar-refractivity contribution in [1.82, 2.24) is 0 Å². The van der Waals surface area contributed by atoms with E-state index >= 15 is 0 Å². The predicted molar refractivity (Wildman–Crippen MR) is 49.6 cm³/mol. The van der Waals surface area contributed by atoms with Crippen molar-refractivity contribution in [2.45, 2.75) is 13.0 Å². The lowest BCUT2D eigenvalue weighted by molar-refractivity contribution is -0.122. The van der Waals surface area contributed by atoms with Gasteiger partial charge in [0, 0.05) is 0 Å². The Labute approximate surface area is 75.7 Å². The molecule has 13 heavy (non-hydrogen) atoms. The van der Waals surface area contributed by atoms with Crippen LogP contribution in [-0.4, -0.2) is 12.0 Å². The van der Waals surface area contributed by atoms with Crippen LogP contribution in [0.2, 0.25) is 0 Å². The van der Waals surface area contributed by atoms with Gasteiger partial charge in [-0.3, -0.25) is 4.79 Å². The number of amides is 1. The van der Waals surface area contributed by atoms with Gasteiger partial charge in [0.1, 0.15) is 0 Å². The van der Waals surface area contributed by atoms with Crippen molar-refractivity contribution in [2.75, 3.05) is 11.1 Å². The first-order valence-electron chi connectivity index (χ1n) is 4.04. The molecule has 2 rings (SSSR count). The van der Waals surface area contributed by atoms with E-state index in [9.17, 15) is 4.79 Å². The number of nitrogens with two attached hydrogens (primary N) is 1. The average molecular weight is 178 g/mol. The standard InChI is InChI=1S/C9H10N2O2/c1-5-9(12)11-7-4-2-3-6(10)8(7)13-5/h2-5H,10H2,1H3,(H,11,12)/t5-/m1/s1. The fourth-order valence-electron chi connectivity index (χ4n) is 1.25. The minimum Gasteiger partial charge on any atom is -0.477 e. The molecular formula is C9H10N2O2. The lowest BCUT2D eigenvalue weighted by atomic mass is 10.2. The Kier molecular flexibility index (Phi) is 1.62. The van der Waals surface area contributed by atoms with Gasteiger partial charge in [0.05, 0.1) is 11.4 Å². The van der Waals surface area contributed by atoms with Crippen LogP contribution in [0, 0.1) is 0 Å². The Bertz CT molecular complexity index is 363. The highest BCUT2D eigenvalue weighted by Gasteiger charge is 2.24. The highest BCUT2D eigenvalue weighted by molar-refractivity contribution is 5.98. The molecule has 0 radical (unpaired) electrons. The molecule has 0 saturated carbocycles. The molecule has 1 aliphatic heterocycles. The number of nitrogen functional groups attached to an aromatic ring is 1. The quantitative estimate of drug-likeness (QED) is 0.582. The maximum absolute atomic E-state index is 11.2. The molecule has 0 unspecified atom stereocenters. The van der Waals surface area contributed by atoms with Gasteiger partial charge in [0.2, 0.25) is 0 Å². The van der Waals surface area contributed by atoms with Gasteiger partial charge >= 0.3 is 0 Å². The Morgan fingerprint density at radius 1 is 1.54 bits per heavy atom. The van der Waals surface area contributed by atoms with E-state index in [-0.39, 0.29) is 5.91 Å². The normalized spacial score (nSPS) is 20.1. The third-order valence-electron chi connectivity index (χ3n) is 1.97. The summed E-state index contributed by atoms with van der Waals surface area (Å²) in [7, 11) is 0. The fraction of sp³-hybridized carbons (Fsp3) is 0.222. The number of ether oxygens (including phenoxy) is 1. The molecule has 0 saturated heterocycles. The van der Waals surface area contributed by atoms with Gasteiger partial charge in [0.25, 0.3) is 5.91 Å². The number of carbonyl (C=O) groups is 1. The van der Waals surface area contributed by atoms with Crippen molar-refractivity contribution in [3.63, 3.8) is 0 Å². The summed E-state index contributed by atoms with van der Waals surface area (Å²) in [6.07, 6.45) is -0.475. The van der Waals surface area contributed by atoms with Crippen molar-refractivity contribution >= 4 is 17.3 Å². The van der Waals surface area contributed by atoms with Crippen LogP contribution in [0.15, 0.2) is 18.2 Å². The van der Waals surface area contributed by atoms with Crippen LogP contribution >= 0.6 is 0 Å². The minimum atomic E-state index is -0.475. The molecular weight excluding hydrogens is 168 g/mol. The first-order chi connectivity index (χ1) is 6.18. The van der Waals surface area contributed by atoms with Crippen LogP contribution in [0.25, 0.3) is 0 Å². The van der Waals surface area contributed by atoms with Gasteiger partial charge in [-0.25, -0.2) is 0 Å². The van der Waals surface area contributed by atoms with Crippen LogP contribution in [0.3, 0.4) is 0 Å². The van der Waals surface area contributed by atoms with Gasteiger partial charge < -0.3 is 15.8 Å². The number of benzene rings is 1. The van der Waals surface area contributed by atoms with Crippen molar-refractivity contribution in [1.29, 1.82) is 0 Å². The summed E-state index contributed by atoms with van der Waals surface area (Å²) in [6.45, 7) is 1.69. The molecule has 0 fully saturated rings. The van der Waals surface area contributed by atoms with E-state index < -0.39 is 6.10 Å². The molecule has 1 amide bonds. The van der Waals surface area contributed by atoms with E-state index in [0.717, 1.165) is 0 Å². The summed E-state index contributed by atoms with van der Waals surface area (Å²) in [4.78, 5) is 11.2. The number of hydrogen-bond acceptors (Lipinski definition) is 3. The average Bonchev–Trinajstić information content (AvgIpc) is 2.09. The van der Waals surface area contributed by atoms with Crippen LogP contribution in [0.5, 0.6) is 5.75 Å². The molecule has 1 aromatic rings. The van der Waals surface area contributed by atoms with E-state index in [1.165, 1.54) is 0 Å². The Morgan fingerprint density at radius 3 is 3.08 bits per heavy atom. The first-order valence-corrected chi connectivity index (χ1v) is 4.04. The van der Waals surface area contributed by atoms with Gasteiger partial charge in [0.15, 0.2) is 11.9 Å². The first kappa shape index (κ1) is 7.91. The fourth-order valence-corrected chi connectivity index (χ4v) is 1.25. The molecule has 0 spiro atoms. The number of carbonyl (C=O) groups excluding carboxylic acids is 1. The number of hydrogen-bond donors (Lipinski definition) is 2. The van der Waals surface area contributed by atoms with Gasteiger partial charge in [-0.05, 0) is 19.1 Å². The smallest absolute Gasteiger partial charge is 0.265 e. The second-order valence-corrected chi connectivity index (χ2v) is 2.97. The van der Waals surface area contributed by atoms with Crippen molar-refractivity contribution in [3.05, 3.63) is 18.2 Å². The Morgan fingerprint density at radius 2 is 2.31 bits per heavy atom. The number of nitrogens with one attached hydrogen (secondary N) is 1. The topological polar surface area (TPSA) is 64.3 Å². The second-order valence-electron chi connectivity index (χ2n) is 2.97. The Balaban J connectivity index is 2.48.